The smallest absolute Gasteiger partial charge is 0.168 e. The second kappa shape index (κ2) is 15.6. The van der Waals surface area contributed by atoms with E-state index in [1.807, 2.05) is 6.07 Å². The molecule has 356 valence electrons. The van der Waals surface area contributed by atoms with Gasteiger partial charge in [0.2, 0.25) is 0 Å². The maximum atomic E-state index is 7.02. The summed E-state index contributed by atoms with van der Waals surface area (Å²) in [7, 11) is 0. The van der Waals surface area contributed by atoms with Crippen molar-refractivity contribution in [3.8, 4) is 51.0 Å². The van der Waals surface area contributed by atoms with Crippen molar-refractivity contribution in [2.45, 2.75) is 43.9 Å². The zero-order valence-electron chi connectivity index (χ0n) is 41.1. The lowest BCUT2D eigenvalue weighted by Crippen LogP contribution is -2.48. The van der Waals surface area contributed by atoms with Crippen LogP contribution >= 0.6 is 0 Å². The summed E-state index contributed by atoms with van der Waals surface area (Å²) in [6, 6.07) is 72.0. The van der Waals surface area contributed by atoms with Gasteiger partial charge < -0.3 is 13.4 Å². The number of para-hydroxylation sites is 3. The maximum absolute atomic E-state index is 7.02. The highest BCUT2D eigenvalue weighted by Gasteiger charge is 2.51. The molecule has 6 heteroatoms. The van der Waals surface area contributed by atoms with E-state index in [4.69, 9.17) is 23.8 Å². The van der Waals surface area contributed by atoms with Crippen molar-refractivity contribution >= 4 is 87.2 Å². The molecule has 75 heavy (non-hydrogen) atoms. The molecule has 0 N–H and O–H groups in total. The molecule has 4 aliphatic rings. The van der Waals surface area contributed by atoms with Crippen molar-refractivity contribution in [3.63, 3.8) is 0 Å². The largest absolute Gasteiger partial charge is 0.455 e. The first kappa shape index (κ1) is 41.6. The Bertz CT molecular complexity index is 4600. The second-order valence-corrected chi connectivity index (χ2v) is 22.1. The normalized spacial score (nSPS) is 19.3. The molecule has 4 fully saturated rings. The molecule has 4 bridgehead atoms. The van der Waals surface area contributed by atoms with Crippen LogP contribution in [-0.4, -0.2) is 19.5 Å². The van der Waals surface area contributed by atoms with E-state index in [9.17, 15) is 0 Å². The predicted molar refractivity (Wildman–Crippen MR) is 305 cm³/mol. The van der Waals surface area contributed by atoms with Crippen molar-refractivity contribution < 1.29 is 8.83 Å². The van der Waals surface area contributed by atoms with Gasteiger partial charge in [-0.05, 0) is 167 Å². The van der Waals surface area contributed by atoms with E-state index < -0.39 is 0 Å². The van der Waals surface area contributed by atoms with E-state index in [0.717, 1.165) is 128 Å². The van der Waals surface area contributed by atoms with E-state index in [-0.39, 0.29) is 0 Å². The monoisotopic (exact) mass is 964 g/mol. The first-order chi connectivity index (χ1) is 37.1. The van der Waals surface area contributed by atoms with Crippen LogP contribution in [0.3, 0.4) is 0 Å². The summed E-state index contributed by atoms with van der Waals surface area (Å²) in [6.45, 7) is 0. The average molecular weight is 965 g/mol. The van der Waals surface area contributed by atoms with Gasteiger partial charge in [0, 0.05) is 43.6 Å². The Morgan fingerprint density at radius 1 is 0.400 bits per heavy atom. The molecule has 18 rings (SSSR count). The first-order valence-corrected chi connectivity index (χ1v) is 26.7. The number of aromatic nitrogens is 4. The minimum absolute atomic E-state index is 0.322. The molecule has 0 amide bonds. The van der Waals surface area contributed by atoms with Gasteiger partial charge >= 0.3 is 0 Å². The van der Waals surface area contributed by atoms with Crippen molar-refractivity contribution in [3.05, 3.63) is 206 Å². The third-order valence-corrected chi connectivity index (χ3v) is 17.8. The minimum atomic E-state index is 0.322. The standard InChI is InChI=1S/C69H48N4O2/c1-3-13-50-44(11-1)25-30-61-62(50)56-34-46-12-2-4-14-51(46)63(65(56)75-61)68-71-66(45-23-28-49(29-24-45)73-58-18-8-5-15-52(58)53-16-6-9-19-59(53)73)70-67(72-68)57-36-47(35-55-54-17-7-10-20-60(54)74-64(55)57)43-21-26-48(27-22-43)69-37-40-31-41(38-69)33-42(32-40)39-69/h1-30,34-36,40-42H,31-33,37-39H2. The summed E-state index contributed by atoms with van der Waals surface area (Å²) in [5, 5.41) is 11.0. The highest BCUT2D eigenvalue weighted by molar-refractivity contribution is 6.24. The van der Waals surface area contributed by atoms with Crippen LogP contribution in [0.2, 0.25) is 0 Å². The fraction of sp³-hybridized carbons (Fsp3) is 0.145. The Labute approximate surface area is 431 Å². The van der Waals surface area contributed by atoms with Gasteiger partial charge in [0.15, 0.2) is 17.5 Å². The summed E-state index contributed by atoms with van der Waals surface area (Å²) in [4.78, 5) is 16.6. The van der Waals surface area contributed by atoms with E-state index in [0.29, 0.717) is 22.9 Å². The van der Waals surface area contributed by atoms with Crippen LogP contribution in [-0.2, 0) is 5.41 Å². The highest BCUT2D eigenvalue weighted by atomic mass is 16.3. The third-order valence-electron chi connectivity index (χ3n) is 17.8. The third kappa shape index (κ3) is 6.23. The number of hydrogen-bond acceptors (Lipinski definition) is 5. The van der Waals surface area contributed by atoms with Crippen LogP contribution in [0.1, 0.15) is 44.1 Å². The molecule has 10 aromatic carbocycles. The number of furan rings is 2. The fourth-order valence-corrected chi connectivity index (χ4v) is 14.9. The SMILES string of the molecule is c1ccc2c(-c3nc(-c4ccc(-n5c6ccccc6c6ccccc65)cc4)nc(-c4cc(-c5ccc(C67CC8CC(CC(C8)C6)C7)cc5)cc5c4oc4ccccc45)n3)c3oc4ccc5ccccc5c4c3cc2c1. The van der Waals surface area contributed by atoms with Gasteiger partial charge in [-0.3, -0.25) is 0 Å². The van der Waals surface area contributed by atoms with E-state index in [2.05, 4.69) is 199 Å². The number of hydrogen-bond donors (Lipinski definition) is 0. The molecule has 0 saturated heterocycles. The minimum Gasteiger partial charge on any atom is -0.455 e. The van der Waals surface area contributed by atoms with Crippen LogP contribution in [0, 0.1) is 17.8 Å². The van der Waals surface area contributed by atoms with E-state index in [1.165, 1.54) is 54.9 Å². The van der Waals surface area contributed by atoms with Gasteiger partial charge in [-0.25, -0.2) is 15.0 Å². The van der Waals surface area contributed by atoms with Crippen molar-refractivity contribution in [1.29, 1.82) is 0 Å². The Balaban J connectivity index is 0.897. The molecule has 14 aromatic rings. The summed E-state index contributed by atoms with van der Waals surface area (Å²) >= 11 is 0. The molecule has 4 saturated carbocycles. The molecule has 0 spiro atoms. The lowest BCUT2D eigenvalue weighted by Gasteiger charge is -2.57. The molecule has 4 aliphatic carbocycles. The van der Waals surface area contributed by atoms with Crippen molar-refractivity contribution in [2.75, 3.05) is 0 Å². The Morgan fingerprint density at radius 2 is 0.987 bits per heavy atom. The van der Waals surface area contributed by atoms with E-state index in [1.54, 1.807) is 0 Å². The molecule has 4 aromatic heterocycles. The Morgan fingerprint density at radius 3 is 1.72 bits per heavy atom. The molecule has 0 unspecified atom stereocenters. The highest BCUT2D eigenvalue weighted by Crippen LogP contribution is 2.61. The molecular weight excluding hydrogens is 917 g/mol. The molecular formula is C69H48N4O2. The topological polar surface area (TPSA) is 69.9 Å². The zero-order valence-corrected chi connectivity index (χ0v) is 41.1. The first-order valence-electron chi connectivity index (χ1n) is 26.7. The Kier molecular flexibility index (Phi) is 8.64. The number of nitrogens with zero attached hydrogens (tertiary/aromatic N) is 4. The van der Waals surface area contributed by atoms with Gasteiger partial charge in [0.1, 0.15) is 22.3 Å². The summed E-state index contributed by atoms with van der Waals surface area (Å²) < 4.78 is 16.3. The van der Waals surface area contributed by atoms with Crippen LogP contribution in [0.4, 0.5) is 0 Å². The average Bonchev–Trinajstić information content (AvgIpc) is 4.18. The van der Waals surface area contributed by atoms with Crippen LogP contribution in [0.15, 0.2) is 209 Å². The number of benzene rings is 10. The lowest BCUT2D eigenvalue weighted by atomic mass is 9.48. The van der Waals surface area contributed by atoms with Crippen molar-refractivity contribution in [2.24, 2.45) is 17.8 Å². The Hall–Kier alpha value is -8.87. The number of fused-ring (bicyclic) bond motifs is 12. The van der Waals surface area contributed by atoms with Crippen LogP contribution < -0.4 is 0 Å². The zero-order chi connectivity index (χ0) is 48.9. The summed E-state index contributed by atoms with van der Waals surface area (Å²) in [5.41, 5.74) is 13.1. The summed E-state index contributed by atoms with van der Waals surface area (Å²) in [5.74, 6) is 4.28. The molecule has 0 aliphatic heterocycles. The molecule has 0 atom stereocenters. The molecule has 6 nitrogen and oxygen atoms in total. The van der Waals surface area contributed by atoms with Gasteiger partial charge in [-0.15, -0.1) is 0 Å². The van der Waals surface area contributed by atoms with Gasteiger partial charge in [-0.2, -0.15) is 0 Å². The van der Waals surface area contributed by atoms with E-state index >= 15 is 0 Å². The predicted octanol–water partition coefficient (Wildman–Crippen LogP) is 18.2. The van der Waals surface area contributed by atoms with Gasteiger partial charge in [-0.1, -0.05) is 133 Å². The van der Waals surface area contributed by atoms with Gasteiger partial charge in [0.25, 0.3) is 0 Å². The van der Waals surface area contributed by atoms with Gasteiger partial charge in [0.05, 0.1) is 22.2 Å². The lowest BCUT2D eigenvalue weighted by molar-refractivity contribution is -0.00518. The summed E-state index contributed by atoms with van der Waals surface area (Å²) in [6.07, 6.45) is 8.35. The maximum Gasteiger partial charge on any atom is 0.168 e. The van der Waals surface area contributed by atoms with Crippen molar-refractivity contribution in [1.82, 2.24) is 19.5 Å². The molecule has 0 radical (unpaired) electrons. The number of rotatable bonds is 6. The van der Waals surface area contributed by atoms with Crippen LogP contribution in [0.5, 0.6) is 0 Å². The fourth-order valence-electron chi connectivity index (χ4n) is 14.9. The molecule has 4 heterocycles. The second-order valence-electron chi connectivity index (χ2n) is 22.1. The quantitative estimate of drug-likeness (QED) is 0.166. The van der Waals surface area contributed by atoms with Crippen LogP contribution in [0.25, 0.3) is 138 Å².